The molecule has 0 heterocycles. The third-order valence-electron chi connectivity index (χ3n) is 4.28. The normalized spacial score (nSPS) is 13.4. The monoisotopic (exact) mass is 356 g/mol. The summed E-state index contributed by atoms with van der Waals surface area (Å²) in [7, 11) is 0. The number of nitrogens with two attached hydrogens (primary N) is 1. The van der Waals surface area contributed by atoms with Crippen molar-refractivity contribution in [1.29, 1.82) is 0 Å². The molecular formula is C21H20ClFNO+. The van der Waals surface area contributed by atoms with E-state index in [1.54, 1.807) is 12.1 Å². The molecule has 0 radical (unpaired) electrons. The highest BCUT2D eigenvalue weighted by atomic mass is 35.5. The van der Waals surface area contributed by atoms with Gasteiger partial charge in [0.05, 0.1) is 0 Å². The van der Waals surface area contributed by atoms with Crippen molar-refractivity contribution in [3.8, 4) is 0 Å². The molecule has 0 aliphatic heterocycles. The van der Waals surface area contributed by atoms with Gasteiger partial charge in [-0.25, -0.2) is 4.39 Å². The lowest BCUT2D eigenvalue weighted by Gasteiger charge is -2.27. The highest BCUT2D eigenvalue weighted by Gasteiger charge is 2.33. The van der Waals surface area contributed by atoms with Gasteiger partial charge in [0, 0.05) is 10.6 Å². The number of hydrogen-bond acceptors (Lipinski definition) is 1. The Morgan fingerprint density at radius 2 is 1.56 bits per heavy atom. The van der Waals surface area contributed by atoms with Gasteiger partial charge in [-0.05, 0) is 35.4 Å². The van der Waals surface area contributed by atoms with Crippen molar-refractivity contribution in [2.45, 2.75) is 12.1 Å². The molecule has 128 valence electrons. The van der Waals surface area contributed by atoms with Crippen LogP contribution in [0.25, 0.3) is 0 Å². The maximum atomic E-state index is 13.3. The lowest BCUT2D eigenvalue weighted by atomic mass is 9.86. The molecule has 0 aliphatic carbocycles. The van der Waals surface area contributed by atoms with Crippen LogP contribution < -0.4 is 5.32 Å². The number of hydrogen-bond donors (Lipinski definition) is 2. The molecule has 0 spiro atoms. The smallest absolute Gasteiger partial charge is 0.163 e. The van der Waals surface area contributed by atoms with Crippen LogP contribution in [0, 0.1) is 5.82 Å². The van der Waals surface area contributed by atoms with Gasteiger partial charge in [-0.15, -0.1) is 0 Å². The Labute approximate surface area is 151 Å². The Morgan fingerprint density at radius 3 is 2.24 bits per heavy atom. The molecular weight excluding hydrogens is 337 g/mol. The minimum Gasteiger partial charge on any atom is -0.375 e. The topological polar surface area (TPSA) is 36.8 Å². The predicted octanol–water partition coefficient (Wildman–Crippen LogP) is 3.48. The third-order valence-corrected chi connectivity index (χ3v) is 4.52. The van der Waals surface area contributed by atoms with Gasteiger partial charge < -0.3 is 10.4 Å². The lowest BCUT2D eigenvalue weighted by Crippen LogP contribution is -2.86. The fourth-order valence-electron chi connectivity index (χ4n) is 2.95. The minimum absolute atomic E-state index is 0.318. The Kier molecular flexibility index (Phi) is 5.49. The number of aliphatic hydroxyl groups is 1. The van der Waals surface area contributed by atoms with E-state index in [0.29, 0.717) is 23.7 Å². The van der Waals surface area contributed by atoms with Gasteiger partial charge in [0.1, 0.15) is 18.9 Å². The van der Waals surface area contributed by atoms with Crippen LogP contribution >= 0.6 is 11.6 Å². The highest BCUT2D eigenvalue weighted by Crippen LogP contribution is 2.28. The van der Waals surface area contributed by atoms with E-state index in [0.717, 1.165) is 11.1 Å². The second kappa shape index (κ2) is 7.79. The van der Waals surface area contributed by atoms with Crippen LogP contribution in [0.1, 0.15) is 16.7 Å². The SMILES string of the molecule is O[C@@](C[NH2+]Cc1cccc(Cl)c1)(c1ccccc1)c1ccc(F)cc1. The molecule has 25 heavy (non-hydrogen) atoms. The average Bonchev–Trinajstić information content (AvgIpc) is 2.63. The van der Waals surface area contributed by atoms with Crippen molar-refractivity contribution in [3.63, 3.8) is 0 Å². The van der Waals surface area contributed by atoms with Gasteiger partial charge in [0.15, 0.2) is 5.60 Å². The van der Waals surface area contributed by atoms with Gasteiger partial charge in [-0.2, -0.15) is 0 Å². The first-order valence-electron chi connectivity index (χ1n) is 8.18. The van der Waals surface area contributed by atoms with Crippen LogP contribution in [0.5, 0.6) is 0 Å². The molecule has 4 heteroatoms. The van der Waals surface area contributed by atoms with Crippen molar-refractivity contribution in [3.05, 3.63) is 106 Å². The number of quaternary nitrogens is 1. The summed E-state index contributed by atoms with van der Waals surface area (Å²) in [6, 6.07) is 23.1. The van der Waals surface area contributed by atoms with Gasteiger partial charge >= 0.3 is 0 Å². The van der Waals surface area contributed by atoms with Crippen molar-refractivity contribution >= 4 is 11.6 Å². The molecule has 0 saturated heterocycles. The maximum absolute atomic E-state index is 13.3. The van der Waals surface area contributed by atoms with Crippen molar-refractivity contribution < 1.29 is 14.8 Å². The van der Waals surface area contributed by atoms with Crippen molar-refractivity contribution in [2.75, 3.05) is 6.54 Å². The largest absolute Gasteiger partial charge is 0.375 e. The number of halogens is 2. The molecule has 1 atom stereocenters. The summed E-state index contributed by atoms with van der Waals surface area (Å²) in [5.41, 5.74) is 1.33. The molecule has 0 aliphatic rings. The fraction of sp³-hybridized carbons (Fsp3) is 0.143. The molecule has 3 N–H and O–H groups in total. The van der Waals surface area contributed by atoms with Crippen LogP contribution in [-0.2, 0) is 12.1 Å². The number of benzene rings is 3. The average molecular weight is 357 g/mol. The van der Waals surface area contributed by atoms with Gasteiger partial charge in [-0.1, -0.05) is 66.2 Å². The Hall–Kier alpha value is -2.20. The molecule has 0 aromatic heterocycles. The predicted molar refractivity (Wildman–Crippen MR) is 97.8 cm³/mol. The Balaban J connectivity index is 1.83. The molecule has 0 unspecified atom stereocenters. The first-order chi connectivity index (χ1) is 12.1. The Morgan fingerprint density at radius 1 is 0.880 bits per heavy atom. The van der Waals surface area contributed by atoms with Crippen LogP contribution in [0.3, 0.4) is 0 Å². The molecule has 3 rings (SSSR count). The summed E-state index contributed by atoms with van der Waals surface area (Å²) in [5.74, 6) is -0.318. The molecule has 2 nitrogen and oxygen atoms in total. The molecule has 3 aromatic rings. The minimum atomic E-state index is -1.20. The molecule has 3 aromatic carbocycles. The van der Waals surface area contributed by atoms with Crippen LogP contribution in [0.4, 0.5) is 4.39 Å². The summed E-state index contributed by atoms with van der Waals surface area (Å²) in [6.07, 6.45) is 0. The summed E-state index contributed by atoms with van der Waals surface area (Å²) in [5, 5.41) is 14.1. The van der Waals surface area contributed by atoms with Crippen molar-refractivity contribution in [2.24, 2.45) is 0 Å². The van der Waals surface area contributed by atoms with E-state index in [1.807, 2.05) is 59.9 Å². The standard InChI is InChI=1S/C21H19ClFNO/c22-19-8-4-5-16(13-19)14-24-15-21(25,17-6-2-1-3-7-17)18-9-11-20(23)12-10-18/h1-13,24-25H,14-15H2/p+1/t21-/m0/s1. The highest BCUT2D eigenvalue weighted by molar-refractivity contribution is 6.30. The van der Waals surface area contributed by atoms with E-state index >= 15 is 0 Å². The van der Waals surface area contributed by atoms with E-state index in [9.17, 15) is 9.50 Å². The molecule has 0 bridgehead atoms. The number of rotatable bonds is 6. The second-order valence-electron chi connectivity index (χ2n) is 6.06. The van der Waals surface area contributed by atoms with E-state index in [2.05, 4.69) is 0 Å². The lowest BCUT2D eigenvalue weighted by molar-refractivity contribution is -0.682. The zero-order chi connectivity index (χ0) is 17.7. The van der Waals surface area contributed by atoms with E-state index in [4.69, 9.17) is 11.6 Å². The summed E-state index contributed by atoms with van der Waals surface area (Å²) < 4.78 is 13.3. The summed E-state index contributed by atoms with van der Waals surface area (Å²) in [6.45, 7) is 1.10. The Bertz CT molecular complexity index is 823. The quantitative estimate of drug-likeness (QED) is 0.697. The zero-order valence-corrected chi connectivity index (χ0v) is 14.5. The summed E-state index contributed by atoms with van der Waals surface area (Å²) in [4.78, 5) is 0. The van der Waals surface area contributed by atoms with E-state index in [1.165, 1.54) is 12.1 Å². The van der Waals surface area contributed by atoms with Gasteiger partial charge in [0.2, 0.25) is 0 Å². The summed E-state index contributed by atoms with van der Waals surface area (Å²) >= 11 is 6.02. The molecule has 0 fully saturated rings. The molecule has 0 saturated carbocycles. The zero-order valence-electron chi connectivity index (χ0n) is 13.7. The van der Waals surface area contributed by atoms with E-state index in [-0.39, 0.29) is 5.82 Å². The van der Waals surface area contributed by atoms with Crippen LogP contribution in [0.15, 0.2) is 78.9 Å². The first kappa shape index (κ1) is 17.6. The van der Waals surface area contributed by atoms with Crippen molar-refractivity contribution in [1.82, 2.24) is 0 Å². The van der Waals surface area contributed by atoms with Gasteiger partial charge in [-0.3, -0.25) is 0 Å². The first-order valence-corrected chi connectivity index (χ1v) is 8.56. The van der Waals surface area contributed by atoms with Crippen LogP contribution in [-0.4, -0.2) is 11.7 Å². The third kappa shape index (κ3) is 4.26. The molecule has 0 amide bonds. The maximum Gasteiger partial charge on any atom is 0.163 e. The van der Waals surface area contributed by atoms with Gasteiger partial charge in [0.25, 0.3) is 0 Å². The second-order valence-corrected chi connectivity index (χ2v) is 6.50. The van der Waals surface area contributed by atoms with Crippen LogP contribution in [0.2, 0.25) is 5.02 Å². The van der Waals surface area contributed by atoms with E-state index < -0.39 is 5.60 Å². The fourth-order valence-corrected chi connectivity index (χ4v) is 3.17.